The van der Waals surface area contributed by atoms with Crippen LogP contribution in [0.15, 0.2) is 41.6 Å². The van der Waals surface area contributed by atoms with Crippen LogP contribution in [0.3, 0.4) is 0 Å². The fourth-order valence-electron chi connectivity index (χ4n) is 2.68. The van der Waals surface area contributed by atoms with E-state index in [4.69, 9.17) is 38.5 Å². The third-order valence-corrected chi connectivity index (χ3v) is 5.50. The Balaban J connectivity index is 1.66. The van der Waals surface area contributed by atoms with Gasteiger partial charge in [-0.15, -0.1) is 10.2 Å². The van der Waals surface area contributed by atoms with Gasteiger partial charge in [-0.2, -0.15) is 0 Å². The number of ether oxygens (including phenoxy) is 2. The van der Waals surface area contributed by atoms with Gasteiger partial charge in [-0.3, -0.25) is 4.79 Å². The molecule has 0 aliphatic heterocycles. The Labute approximate surface area is 194 Å². The van der Waals surface area contributed by atoms with Gasteiger partial charge in [0.1, 0.15) is 0 Å². The molecule has 31 heavy (non-hydrogen) atoms. The molecular weight excluding hydrogens is 461 g/mol. The van der Waals surface area contributed by atoms with E-state index < -0.39 is 0 Å². The minimum Gasteiger partial charge on any atom is -0.490 e. The number of hydrogen-bond acceptors (Lipinski definition) is 7. The third kappa shape index (κ3) is 5.75. The Morgan fingerprint density at radius 3 is 2.58 bits per heavy atom. The van der Waals surface area contributed by atoms with Crippen molar-refractivity contribution in [1.82, 2.24) is 14.9 Å². The Kier molecular flexibility index (Phi) is 7.89. The topological polar surface area (TPSA) is 104 Å². The molecule has 1 aromatic heterocycles. The highest BCUT2D eigenvalue weighted by atomic mass is 35.5. The van der Waals surface area contributed by atoms with Crippen LogP contribution in [0.25, 0.3) is 11.4 Å². The lowest BCUT2D eigenvalue weighted by atomic mass is 10.2. The average Bonchev–Trinajstić information content (AvgIpc) is 3.10. The number of nitrogen functional groups attached to an aromatic ring is 1. The molecule has 0 unspecified atom stereocenters. The van der Waals surface area contributed by atoms with Gasteiger partial charge in [-0.25, -0.2) is 4.68 Å². The SMILES string of the molecule is CCOc1ccc(NC(=O)CSc2nnc(-c3cc(Cl)ccc3Cl)n2N)cc1OCC. The molecule has 3 N–H and O–H groups in total. The van der Waals surface area contributed by atoms with Crippen LogP contribution in [-0.2, 0) is 4.79 Å². The molecule has 0 saturated heterocycles. The number of hydrogen-bond donors (Lipinski definition) is 2. The number of carbonyl (C=O) groups is 1. The standard InChI is InChI=1S/C20H21Cl2N5O3S/c1-3-29-16-8-6-13(10-17(16)30-4-2)24-18(28)11-31-20-26-25-19(27(20)23)14-9-12(21)5-7-15(14)22/h5-10H,3-4,11,23H2,1-2H3,(H,24,28). The van der Waals surface area contributed by atoms with Gasteiger partial charge in [0, 0.05) is 22.3 Å². The zero-order valence-corrected chi connectivity index (χ0v) is 19.2. The van der Waals surface area contributed by atoms with Crippen molar-refractivity contribution in [3.63, 3.8) is 0 Å². The van der Waals surface area contributed by atoms with Gasteiger partial charge in [-0.1, -0.05) is 35.0 Å². The number of nitrogens with two attached hydrogens (primary N) is 1. The van der Waals surface area contributed by atoms with Gasteiger partial charge in [0.25, 0.3) is 0 Å². The molecule has 164 valence electrons. The van der Waals surface area contributed by atoms with Crippen LogP contribution in [0.2, 0.25) is 10.0 Å². The average molecular weight is 482 g/mol. The minimum atomic E-state index is -0.234. The Morgan fingerprint density at radius 1 is 1.10 bits per heavy atom. The molecular formula is C20H21Cl2N5O3S. The van der Waals surface area contributed by atoms with Crippen molar-refractivity contribution < 1.29 is 14.3 Å². The van der Waals surface area contributed by atoms with Crippen molar-refractivity contribution in [2.45, 2.75) is 19.0 Å². The van der Waals surface area contributed by atoms with E-state index in [2.05, 4.69) is 15.5 Å². The number of amides is 1. The maximum atomic E-state index is 12.4. The number of aromatic nitrogens is 3. The van der Waals surface area contributed by atoms with E-state index in [9.17, 15) is 4.79 Å². The number of anilines is 1. The van der Waals surface area contributed by atoms with Crippen LogP contribution < -0.4 is 20.6 Å². The van der Waals surface area contributed by atoms with Gasteiger partial charge < -0.3 is 20.6 Å². The molecule has 0 bridgehead atoms. The van der Waals surface area contributed by atoms with Crippen LogP contribution in [-0.4, -0.2) is 39.7 Å². The number of rotatable bonds is 9. The van der Waals surface area contributed by atoms with E-state index in [1.807, 2.05) is 13.8 Å². The monoisotopic (exact) mass is 481 g/mol. The molecule has 2 aromatic carbocycles. The van der Waals surface area contributed by atoms with Gasteiger partial charge in [0.15, 0.2) is 17.3 Å². The normalized spacial score (nSPS) is 10.7. The second-order valence-corrected chi connectivity index (χ2v) is 7.95. The molecule has 0 spiro atoms. The van der Waals surface area contributed by atoms with Gasteiger partial charge >= 0.3 is 0 Å². The van der Waals surface area contributed by atoms with E-state index in [0.717, 1.165) is 11.8 Å². The molecule has 0 aliphatic carbocycles. The number of thioether (sulfide) groups is 1. The van der Waals surface area contributed by atoms with Gasteiger partial charge in [0.05, 0.1) is 24.0 Å². The van der Waals surface area contributed by atoms with E-state index in [-0.39, 0.29) is 11.7 Å². The molecule has 3 aromatic rings. The molecule has 0 aliphatic rings. The summed E-state index contributed by atoms with van der Waals surface area (Å²) >= 11 is 13.4. The van der Waals surface area contributed by atoms with Crippen LogP contribution in [0.1, 0.15) is 13.8 Å². The van der Waals surface area contributed by atoms with Crippen molar-refractivity contribution >= 4 is 46.6 Å². The molecule has 1 heterocycles. The minimum absolute atomic E-state index is 0.0792. The first-order valence-corrected chi connectivity index (χ1v) is 11.1. The molecule has 0 atom stereocenters. The highest BCUT2D eigenvalue weighted by molar-refractivity contribution is 7.99. The molecule has 3 rings (SSSR count). The summed E-state index contributed by atoms with van der Waals surface area (Å²) in [6.07, 6.45) is 0. The summed E-state index contributed by atoms with van der Waals surface area (Å²) in [5.74, 6) is 7.49. The summed E-state index contributed by atoms with van der Waals surface area (Å²) in [7, 11) is 0. The molecule has 0 radical (unpaired) electrons. The fourth-order valence-corrected chi connectivity index (χ4v) is 3.71. The maximum absolute atomic E-state index is 12.4. The predicted octanol–water partition coefficient (Wildman–Crippen LogP) is 4.49. The summed E-state index contributed by atoms with van der Waals surface area (Å²) in [6.45, 7) is 4.78. The molecule has 11 heteroatoms. The molecule has 0 saturated carbocycles. The van der Waals surface area contributed by atoms with Crippen LogP contribution >= 0.6 is 35.0 Å². The fraction of sp³-hybridized carbons (Fsp3) is 0.250. The van der Waals surface area contributed by atoms with Crippen molar-refractivity contribution in [2.75, 3.05) is 30.1 Å². The highest BCUT2D eigenvalue weighted by Crippen LogP contribution is 2.32. The summed E-state index contributed by atoms with van der Waals surface area (Å²) in [6, 6.07) is 10.2. The van der Waals surface area contributed by atoms with Crippen molar-refractivity contribution in [3.8, 4) is 22.9 Å². The van der Waals surface area contributed by atoms with E-state index in [0.29, 0.717) is 57.0 Å². The van der Waals surface area contributed by atoms with Crippen LogP contribution in [0, 0.1) is 0 Å². The predicted molar refractivity (Wildman–Crippen MR) is 124 cm³/mol. The van der Waals surface area contributed by atoms with E-state index in [1.165, 1.54) is 4.68 Å². The maximum Gasteiger partial charge on any atom is 0.234 e. The smallest absolute Gasteiger partial charge is 0.234 e. The Bertz CT molecular complexity index is 1080. The lowest BCUT2D eigenvalue weighted by Gasteiger charge is -2.13. The first kappa shape index (κ1) is 23.1. The summed E-state index contributed by atoms with van der Waals surface area (Å²) in [5, 5.41) is 12.2. The Morgan fingerprint density at radius 2 is 1.84 bits per heavy atom. The lowest BCUT2D eigenvalue weighted by molar-refractivity contribution is -0.113. The van der Waals surface area contributed by atoms with Crippen molar-refractivity contribution in [1.29, 1.82) is 0 Å². The lowest BCUT2D eigenvalue weighted by Crippen LogP contribution is -2.16. The highest BCUT2D eigenvalue weighted by Gasteiger charge is 2.17. The molecule has 8 nitrogen and oxygen atoms in total. The van der Waals surface area contributed by atoms with Gasteiger partial charge in [0.2, 0.25) is 11.1 Å². The van der Waals surface area contributed by atoms with Crippen LogP contribution in [0.4, 0.5) is 5.69 Å². The van der Waals surface area contributed by atoms with Crippen molar-refractivity contribution in [2.24, 2.45) is 0 Å². The van der Waals surface area contributed by atoms with Crippen LogP contribution in [0.5, 0.6) is 11.5 Å². The zero-order chi connectivity index (χ0) is 22.4. The number of nitrogens with one attached hydrogen (secondary N) is 1. The summed E-state index contributed by atoms with van der Waals surface area (Å²) < 4.78 is 12.4. The molecule has 0 fully saturated rings. The summed E-state index contributed by atoms with van der Waals surface area (Å²) in [5.41, 5.74) is 1.15. The second-order valence-electron chi connectivity index (χ2n) is 6.16. The van der Waals surface area contributed by atoms with E-state index in [1.54, 1.807) is 36.4 Å². The third-order valence-electron chi connectivity index (χ3n) is 3.99. The van der Waals surface area contributed by atoms with Crippen molar-refractivity contribution in [3.05, 3.63) is 46.4 Å². The van der Waals surface area contributed by atoms with Gasteiger partial charge in [-0.05, 0) is 44.2 Å². The second kappa shape index (κ2) is 10.6. The largest absolute Gasteiger partial charge is 0.490 e. The summed E-state index contributed by atoms with van der Waals surface area (Å²) in [4.78, 5) is 12.4. The number of carbonyl (C=O) groups excluding carboxylic acids is 1. The quantitative estimate of drug-likeness (QED) is 0.342. The van der Waals surface area contributed by atoms with E-state index >= 15 is 0 Å². The number of nitrogens with zero attached hydrogens (tertiary/aromatic N) is 3. The Hall–Kier alpha value is -2.62. The molecule has 1 amide bonds. The zero-order valence-electron chi connectivity index (χ0n) is 16.9. The number of benzene rings is 2. The first-order chi connectivity index (χ1) is 14.9. The number of halogens is 2. The first-order valence-electron chi connectivity index (χ1n) is 9.41.